The molecule has 1 atom stereocenters. The number of benzene rings is 1. The molecule has 0 spiro atoms. The monoisotopic (exact) mass is 419 g/mol. The van der Waals surface area contributed by atoms with Crippen LogP contribution in [-0.2, 0) is 6.54 Å². The quantitative estimate of drug-likeness (QED) is 0.387. The molecule has 0 amide bonds. The molecule has 3 aromatic rings. The molecule has 1 unspecified atom stereocenters. The SMILES string of the molecule is C#CCCC1(CCn2c(-c3nnco3)c(C=O)c3ccc(Cl)cc32)C=CC=CN=N1. The highest BCUT2D eigenvalue weighted by atomic mass is 35.5. The first-order valence-electron chi connectivity index (χ1n) is 9.41. The third-order valence-electron chi connectivity index (χ3n) is 5.14. The minimum Gasteiger partial charge on any atom is -0.422 e. The van der Waals surface area contributed by atoms with Crippen molar-refractivity contribution in [2.75, 3.05) is 0 Å². The maximum absolute atomic E-state index is 12.0. The molecule has 2 aromatic heterocycles. The number of nitrogens with zero attached hydrogens (tertiary/aromatic N) is 5. The Morgan fingerprint density at radius 2 is 2.20 bits per heavy atom. The van der Waals surface area contributed by atoms with Gasteiger partial charge in [0.05, 0.1) is 11.1 Å². The van der Waals surface area contributed by atoms with Gasteiger partial charge in [-0.3, -0.25) is 4.79 Å². The first-order valence-corrected chi connectivity index (χ1v) is 9.78. The van der Waals surface area contributed by atoms with Crippen molar-refractivity contribution in [3.05, 3.63) is 59.6 Å². The Morgan fingerprint density at radius 1 is 1.30 bits per heavy atom. The zero-order valence-corrected chi connectivity index (χ0v) is 16.8. The second-order valence-electron chi connectivity index (χ2n) is 6.91. The zero-order valence-electron chi connectivity index (χ0n) is 16.0. The molecule has 8 heteroatoms. The third kappa shape index (κ3) is 3.70. The van der Waals surface area contributed by atoms with Gasteiger partial charge in [0.15, 0.2) is 6.29 Å². The molecule has 0 saturated carbocycles. The summed E-state index contributed by atoms with van der Waals surface area (Å²) in [5.41, 5.74) is 1.28. The fourth-order valence-electron chi connectivity index (χ4n) is 3.70. The summed E-state index contributed by atoms with van der Waals surface area (Å²) in [5, 5.41) is 17.8. The number of aryl methyl sites for hydroxylation is 1. The van der Waals surface area contributed by atoms with E-state index in [1.54, 1.807) is 12.3 Å². The summed E-state index contributed by atoms with van der Waals surface area (Å²) in [7, 11) is 0. The zero-order chi connectivity index (χ0) is 21.0. The second kappa shape index (κ2) is 8.47. The van der Waals surface area contributed by atoms with E-state index < -0.39 is 5.54 Å². The molecule has 30 heavy (non-hydrogen) atoms. The van der Waals surface area contributed by atoms with Gasteiger partial charge in [0.25, 0.3) is 5.89 Å². The van der Waals surface area contributed by atoms with Gasteiger partial charge >= 0.3 is 0 Å². The third-order valence-corrected chi connectivity index (χ3v) is 5.38. The predicted molar refractivity (Wildman–Crippen MR) is 114 cm³/mol. The Bertz CT molecular complexity index is 1180. The number of aldehydes is 1. The van der Waals surface area contributed by atoms with Gasteiger partial charge in [-0.25, -0.2) is 0 Å². The van der Waals surface area contributed by atoms with E-state index in [9.17, 15) is 4.79 Å². The van der Waals surface area contributed by atoms with Gasteiger partial charge in [-0.1, -0.05) is 29.8 Å². The number of allylic oxidation sites excluding steroid dienone is 2. The Balaban J connectivity index is 1.82. The van der Waals surface area contributed by atoms with Gasteiger partial charge in [0.2, 0.25) is 6.39 Å². The topological polar surface area (TPSA) is 85.6 Å². The van der Waals surface area contributed by atoms with Crippen molar-refractivity contribution in [1.29, 1.82) is 0 Å². The largest absolute Gasteiger partial charge is 0.422 e. The van der Waals surface area contributed by atoms with E-state index in [0.717, 1.165) is 17.2 Å². The van der Waals surface area contributed by atoms with Crippen molar-refractivity contribution in [3.63, 3.8) is 0 Å². The van der Waals surface area contributed by atoms with E-state index in [2.05, 4.69) is 26.3 Å². The normalized spacial score (nSPS) is 17.9. The number of hydrogen-bond acceptors (Lipinski definition) is 6. The summed E-state index contributed by atoms with van der Waals surface area (Å²) >= 11 is 6.26. The molecule has 0 saturated heterocycles. The van der Waals surface area contributed by atoms with Gasteiger partial charge in [0.1, 0.15) is 11.2 Å². The van der Waals surface area contributed by atoms with Crippen molar-refractivity contribution in [2.45, 2.75) is 31.3 Å². The molecule has 0 fully saturated rings. The number of azo groups is 1. The lowest BCUT2D eigenvalue weighted by atomic mass is 9.90. The highest BCUT2D eigenvalue weighted by molar-refractivity contribution is 6.31. The van der Waals surface area contributed by atoms with Crippen molar-refractivity contribution in [1.82, 2.24) is 14.8 Å². The molecule has 0 radical (unpaired) electrons. The number of rotatable bonds is 7. The summed E-state index contributed by atoms with van der Waals surface area (Å²) in [6, 6.07) is 5.39. The van der Waals surface area contributed by atoms with Crippen molar-refractivity contribution < 1.29 is 9.21 Å². The number of fused-ring (bicyclic) bond motifs is 1. The smallest absolute Gasteiger partial charge is 0.264 e. The first-order chi connectivity index (χ1) is 14.7. The first kappa shape index (κ1) is 19.8. The number of carbonyl (C=O) groups excluding carboxylic acids is 1. The van der Waals surface area contributed by atoms with Crippen LogP contribution in [0.2, 0.25) is 5.02 Å². The van der Waals surface area contributed by atoms with Crippen molar-refractivity contribution in [2.24, 2.45) is 10.2 Å². The molecule has 1 aliphatic rings. The molecule has 1 aromatic carbocycles. The highest BCUT2D eigenvalue weighted by Crippen LogP contribution is 2.35. The van der Waals surface area contributed by atoms with Gasteiger partial charge in [-0.2, -0.15) is 10.2 Å². The van der Waals surface area contributed by atoms with E-state index >= 15 is 0 Å². The fourth-order valence-corrected chi connectivity index (χ4v) is 3.86. The standard InChI is InChI=1S/C22H18ClN5O2/c1-2-3-8-22(9-4-5-11-24-27-22)10-12-28-19-13-16(23)6-7-17(19)18(14-29)20(28)21-26-25-15-30-21/h1,4-7,9,11,13-15H,3,8,10,12H2. The molecule has 0 N–H and O–H groups in total. The lowest BCUT2D eigenvalue weighted by molar-refractivity contribution is 0.112. The van der Waals surface area contributed by atoms with Crippen LogP contribution in [0, 0.1) is 12.3 Å². The number of halogens is 1. The molecular formula is C22H18ClN5O2. The summed E-state index contributed by atoms with van der Waals surface area (Å²) < 4.78 is 7.41. The summed E-state index contributed by atoms with van der Waals surface area (Å²) in [6.45, 7) is 0.510. The second-order valence-corrected chi connectivity index (χ2v) is 7.35. The van der Waals surface area contributed by atoms with Crippen LogP contribution in [0.5, 0.6) is 0 Å². The Hall–Kier alpha value is -3.50. The number of carbonyl (C=O) groups is 1. The van der Waals surface area contributed by atoms with E-state index in [-0.39, 0.29) is 5.89 Å². The molecule has 0 aliphatic carbocycles. The van der Waals surface area contributed by atoms with Crippen molar-refractivity contribution >= 4 is 28.8 Å². The summed E-state index contributed by atoms with van der Waals surface area (Å²) in [4.78, 5) is 12.0. The maximum Gasteiger partial charge on any atom is 0.264 e. The van der Waals surface area contributed by atoms with Gasteiger partial charge in [-0.15, -0.1) is 22.5 Å². The van der Waals surface area contributed by atoms with Crippen molar-refractivity contribution in [3.8, 4) is 23.9 Å². The Kier molecular flexibility index (Phi) is 5.59. The van der Waals surface area contributed by atoms with Crippen LogP contribution in [0.25, 0.3) is 22.5 Å². The van der Waals surface area contributed by atoms with E-state index in [1.165, 1.54) is 6.39 Å². The molecule has 4 rings (SSSR count). The number of hydrogen-bond donors (Lipinski definition) is 0. The van der Waals surface area contributed by atoms with Crippen LogP contribution in [0.15, 0.2) is 63.7 Å². The van der Waals surface area contributed by atoms with Crippen LogP contribution < -0.4 is 0 Å². The molecular weight excluding hydrogens is 402 g/mol. The van der Waals surface area contributed by atoms with Crippen LogP contribution in [0.4, 0.5) is 0 Å². The molecule has 0 bridgehead atoms. The summed E-state index contributed by atoms with van der Waals surface area (Å²) in [6.07, 6.45) is 16.8. The van der Waals surface area contributed by atoms with E-state index in [4.69, 9.17) is 22.4 Å². The molecule has 3 heterocycles. The Labute approximate surface area is 178 Å². The van der Waals surface area contributed by atoms with Crippen LogP contribution in [0.3, 0.4) is 0 Å². The van der Waals surface area contributed by atoms with E-state index in [0.29, 0.717) is 42.1 Å². The lowest BCUT2D eigenvalue weighted by Crippen LogP contribution is -2.25. The minimum atomic E-state index is -0.557. The van der Waals surface area contributed by atoms with Crippen LogP contribution in [-0.4, -0.2) is 26.6 Å². The average molecular weight is 420 g/mol. The highest BCUT2D eigenvalue weighted by Gasteiger charge is 2.29. The Morgan fingerprint density at radius 3 is 2.97 bits per heavy atom. The fraction of sp³-hybridized carbons (Fsp3) is 0.227. The molecule has 7 nitrogen and oxygen atoms in total. The maximum atomic E-state index is 12.0. The van der Waals surface area contributed by atoms with Crippen LogP contribution >= 0.6 is 11.6 Å². The van der Waals surface area contributed by atoms with Gasteiger partial charge in [-0.05, 0) is 31.1 Å². The van der Waals surface area contributed by atoms with E-state index in [1.807, 2.05) is 34.9 Å². The molecule has 1 aliphatic heterocycles. The minimum absolute atomic E-state index is 0.266. The van der Waals surface area contributed by atoms with Gasteiger partial charge < -0.3 is 8.98 Å². The average Bonchev–Trinajstić information content (AvgIpc) is 3.31. The number of terminal acetylenes is 1. The predicted octanol–water partition coefficient (Wildman–Crippen LogP) is 5.24. The van der Waals surface area contributed by atoms with Crippen LogP contribution in [0.1, 0.15) is 29.6 Å². The summed E-state index contributed by atoms with van der Waals surface area (Å²) in [5.74, 6) is 2.95. The lowest BCUT2D eigenvalue weighted by Gasteiger charge is -2.25. The van der Waals surface area contributed by atoms with Gasteiger partial charge in [0, 0.05) is 29.6 Å². The molecule has 150 valence electrons. The number of aromatic nitrogens is 3.